The first-order valence-electron chi connectivity index (χ1n) is 8.05. The van der Waals surface area contributed by atoms with Crippen LogP contribution in [0.25, 0.3) is 0 Å². The van der Waals surface area contributed by atoms with Crippen molar-refractivity contribution in [2.45, 2.75) is 20.3 Å². The fraction of sp³-hybridized carbons (Fsp3) is 0.158. The average molecular weight is 333 g/mol. The molecule has 0 aliphatic heterocycles. The Hall–Kier alpha value is -3.28. The van der Waals surface area contributed by atoms with Crippen molar-refractivity contribution >= 4 is 23.1 Å². The van der Waals surface area contributed by atoms with Gasteiger partial charge in [0.25, 0.3) is 5.91 Å². The van der Waals surface area contributed by atoms with E-state index >= 15 is 0 Å². The number of hydrogen-bond acceptors (Lipinski definition) is 5. The molecule has 0 unspecified atom stereocenters. The summed E-state index contributed by atoms with van der Waals surface area (Å²) in [5, 5.41) is 6.20. The number of hydrogen-bond donors (Lipinski definition) is 2. The molecule has 2 aromatic heterocycles. The number of carbonyl (C=O) groups excluding carboxylic acids is 1. The maximum absolute atomic E-state index is 12.4. The fourth-order valence-corrected chi connectivity index (χ4v) is 2.44. The summed E-state index contributed by atoms with van der Waals surface area (Å²) in [4.78, 5) is 24.7. The van der Waals surface area contributed by atoms with E-state index < -0.39 is 0 Å². The van der Waals surface area contributed by atoms with Crippen LogP contribution in [0.15, 0.2) is 55.1 Å². The molecule has 1 aromatic carbocycles. The number of aryl methyl sites for hydroxylation is 2. The van der Waals surface area contributed by atoms with Gasteiger partial charge in [-0.2, -0.15) is 0 Å². The summed E-state index contributed by atoms with van der Waals surface area (Å²) < 4.78 is 0. The second kappa shape index (κ2) is 7.53. The molecule has 6 nitrogen and oxygen atoms in total. The van der Waals surface area contributed by atoms with Crippen molar-refractivity contribution in [2.75, 3.05) is 10.6 Å². The lowest BCUT2D eigenvalue weighted by Crippen LogP contribution is -2.13. The first-order chi connectivity index (χ1) is 12.2. The van der Waals surface area contributed by atoms with Gasteiger partial charge in [-0.05, 0) is 43.2 Å². The van der Waals surface area contributed by atoms with Crippen molar-refractivity contribution in [1.82, 2.24) is 15.0 Å². The summed E-state index contributed by atoms with van der Waals surface area (Å²) in [6.07, 6.45) is 5.52. The minimum atomic E-state index is -0.183. The zero-order valence-electron chi connectivity index (χ0n) is 14.2. The predicted molar refractivity (Wildman–Crippen MR) is 98.1 cm³/mol. The fourth-order valence-electron chi connectivity index (χ4n) is 2.44. The summed E-state index contributed by atoms with van der Waals surface area (Å²) in [6, 6.07) is 11.2. The number of benzene rings is 1. The van der Waals surface area contributed by atoms with Gasteiger partial charge in [-0.15, -0.1) is 0 Å². The summed E-state index contributed by atoms with van der Waals surface area (Å²) >= 11 is 0. The first kappa shape index (κ1) is 16.6. The molecule has 2 heterocycles. The van der Waals surface area contributed by atoms with Gasteiger partial charge in [-0.1, -0.05) is 13.0 Å². The van der Waals surface area contributed by atoms with Crippen LogP contribution in [0.2, 0.25) is 0 Å². The molecule has 0 aliphatic carbocycles. The molecular weight excluding hydrogens is 314 g/mol. The molecule has 0 bridgehead atoms. The van der Waals surface area contributed by atoms with Crippen molar-refractivity contribution in [3.63, 3.8) is 0 Å². The van der Waals surface area contributed by atoms with E-state index in [1.807, 2.05) is 31.2 Å². The lowest BCUT2D eigenvalue weighted by molar-refractivity contribution is 0.102. The SMILES string of the molecule is CCc1ccc(Nc2cc(C)ncn2)cc1NC(=O)c1cccnc1. The average Bonchev–Trinajstić information content (AvgIpc) is 2.63. The Morgan fingerprint density at radius 1 is 1.16 bits per heavy atom. The maximum atomic E-state index is 12.4. The number of nitrogens with one attached hydrogen (secondary N) is 2. The number of carbonyl (C=O) groups is 1. The van der Waals surface area contributed by atoms with Gasteiger partial charge in [0.1, 0.15) is 12.1 Å². The number of nitrogens with zero attached hydrogens (tertiary/aromatic N) is 3. The topological polar surface area (TPSA) is 79.8 Å². The van der Waals surface area contributed by atoms with E-state index in [2.05, 4.69) is 32.5 Å². The van der Waals surface area contributed by atoms with Gasteiger partial charge in [0.15, 0.2) is 0 Å². The van der Waals surface area contributed by atoms with E-state index in [0.717, 1.165) is 29.1 Å². The summed E-state index contributed by atoms with van der Waals surface area (Å²) in [7, 11) is 0. The summed E-state index contributed by atoms with van der Waals surface area (Å²) in [6.45, 7) is 3.96. The van der Waals surface area contributed by atoms with Crippen LogP contribution < -0.4 is 10.6 Å². The van der Waals surface area contributed by atoms with Gasteiger partial charge in [-0.25, -0.2) is 9.97 Å². The van der Waals surface area contributed by atoms with Crippen molar-refractivity contribution < 1.29 is 4.79 Å². The summed E-state index contributed by atoms with van der Waals surface area (Å²) in [5.41, 5.74) is 4.08. The van der Waals surface area contributed by atoms with Crippen LogP contribution >= 0.6 is 0 Å². The quantitative estimate of drug-likeness (QED) is 0.743. The van der Waals surface area contributed by atoms with Crippen LogP contribution in [0.4, 0.5) is 17.2 Å². The molecule has 0 saturated carbocycles. The Labute approximate surface area is 146 Å². The molecule has 0 aliphatic rings. The Kier molecular flexibility index (Phi) is 4.99. The molecule has 3 aromatic rings. The van der Waals surface area contributed by atoms with Crippen LogP contribution in [0, 0.1) is 6.92 Å². The van der Waals surface area contributed by atoms with Crippen molar-refractivity contribution in [3.05, 3.63) is 71.9 Å². The molecule has 0 atom stereocenters. The van der Waals surface area contributed by atoms with E-state index in [4.69, 9.17) is 0 Å². The van der Waals surface area contributed by atoms with Gasteiger partial charge >= 0.3 is 0 Å². The molecule has 126 valence electrons. The van der Waals surface area contributed by atoms with E-state index in [1.54, 1.807) is 24.5 Å². The lowest BCUT2D eigenvalue weighted by atomic mass is 10.1. The third-order valence-electron chi connectivity index (χ3n) is 3.74. The van der Waals surface area contributed by atoms with Gasteiger partial charge < -0.3 is 10.6 Å². The Morgan fingerprint density at radius 2 is 2.04 bits per heavy atom. The molecule has 0 saturated heterocycles. The molecule has 0 spiro atoms. The Morgan fingerprint density at radius 3 is 2.76 bits per heavy atom. The molecular formula is C19H19N5O. The molecule has 6 heteroatoms. The van der Waals surface area contributed by atoms with E-state index in [-0.39, 0.29) is 5.91 Å². The smallest absolute Gasteiger partial charge is 0.257 e. The first-order valence-corrected chi connectivity index (χ1v) is 8.05. The minimum absolute atomic E-state index is 0.183. The van der Waals surface area contributed by atoms with Gasteiger partial charge in [0.2, 0.25) is 0 Å². The number of aromatic nitrogens is 3. The predicted octanol–water partition coefficient (Wildman–Crippen LogP) is 3.74. The van der Waals surface area contributed by atoms with Gasteiger partial charge in [-0.3, -0.25) is 9.78 Å². The second-order valence-corrected chi connectivity index (χ2v) is 5.59. The van der Waals surface area contributed by atoms with Crippen molar-refractivity contribution in [1.29, 1.82) is 0 Å². The summed E-state index contributed by atoms with van der Waals surface area (Å²) in [5.74, 6) is 0.527. The maximum Gasteiger partial charge on any atom is 0.257 e. The highest BCUT2D eigenvalue weighted by Crippen LogP contribution is 2.24. The van der Waals surface area contributed by atoms with Crippen LogP contribution in [0.5, 0.6) is 0 Å². The number of rotatable bonds is 5. The Balaban J connectivity index is 1.84. The monoisotopic (exact) mass is 333 g/mol. The van der Waals surface area contributed by atoms with Crippen LogP contribution in [0.3, 0.4) is 0 Å². The zero-order valence-corrected chi connectivity index (χ0v) is 14.2. The van der Waals surface area contributed by atoms with Gasteiger partial charge in [0.05, 0.1) is 5.56 Å². The van der Waals surface area contributed by atoms with Crippen LogP contribution in [-0.4, -0.2) is 20.9 Å². The van der Waals surface area contributed by atoms with E-state index in [0.29, 0.717) is 11.4 Å². The lowest BCUT2D eigenvalue weighted by Gasteiger charge is -2.13. The minimum Gasteiger partial charge on any atom is -0.340 e. The van der Waals surface area contributed by atoms with E-state index in [9.17, 15) is 4.79 Å². The van der Waals surface area contributed by atoms with Crippen LogP contribution in [0.1, 0.15) is 28.5 Å². The highest BCUT2D eigenvalue weighted by Gasteiger charge is 2.10. The highest BCUT2D eigenvalue weighted by molar-refractivity contribution is 6.04. The van der Waals surface area contributed by atoms with Crippen LogP contribution in [-0.2, 0) is 6.42 Å². The standard InChI is InChI=1S/C19H19N5O/c1-3-14-6-7-16(23-18-9-13(2)21-12-22-18)10-17(14)24-19(25)15-5-4-8-20-11-15/h4-12H,3H2,1-2H3,(H,24,25)(H,21,22,23). The third kappa shape index (κ3) is 4.17. The Bertz CT molecular complexity index is 880. The molecule has 2 N–H and O–H groups in total. The highest BCUT2D eigenvalue weighted by atomic mass is 16.1. The molecule has 3 rings (SSSR count). The molecule has 0 radical (unpaired) electrons. The molecule has 1 amide bonds. The van der Waals surface area contributed by atoms with Gasteiger partial charge in [0, 0.05) is 35.5 Å². The molecule has 25 heavy (non-hydrogen) atoms. The number of amides is 1. The second-order valence-electron chi connectivity index (χ2n) is 5.59. The van der Waals surface area contributed by atoms with E-state index in [1.165, 1.54) is 6.33 Å². The van der Waals surface area contributed by atoms with Crippen molar-refractivity contribution in [2.24, 2.45) is 0 Å². The zero-order chi connectivity index (χ0) is 17.6. The normalized spacial score (nSPS) is 10.3. The molecule has 0 fully saturated rings. The number of anilines is 3. The largest absolute Gasteiger partial charge is 0.340 e. The third-order valence-corrected chi connectivity index (χ3v) is 3.74. The number of pyridine rings is 1. The van der Waals surface area contributed by atoms with Crippen molar-refractivity contribution in [3.8, 4) is 0 Å².